The average Bonchev–Trinajstić information content (AvgIpc) is 3.06. The highest BCUT2D eigenvalue weighted by atomic mass is 16.5. The van der Waals surface area contributed by atoms with E-state index in [9.17, 15) is 9.59 Å². The van der Waals surface area contributed by atoms with Crippen LogP contribution < -0.4 is 28.4 Å². The molecule has 11 heteroatoms. The molecule has 2 aromatic rings. The lowest BCUT2D eigenvalue weighted by Crippen LogP contribution is -2.58. The van der Waals surface area contributed by atoms with Crippen molar-refractivity contribution in [2.75, 3.05) is 82.9 Å². The van der Waals surface area contributed by atoms with Crippen LogP contribution >= 0.6 is 0 Å². The number of allylic oxidation sites excluding steroid dienone is 4. The molecule has 0 bridgehead atoms. The molecular formula is C35H45N3O8. The number of rotatable bonds is 14. The molecule has 2 amide bonds. The lowest BCUT2D eigenvalue weighted by atomic mass is 10.1. The quantitative estimate of drug-likeness (QED) is 0.224. The third kappa shape index (κ3) is 9.31. The topological polar surface area (TPSA) is 99.2 Å². The van der Waals surface area contributed by atoms with E-state index in [1.807, 2.05) is 60.3 Å². The fraction of sp³-hybridized carbons (Fsp3) is 0.371. The Bertz CT molecular complexity index is 1410. The van der Waals surface area contributed by atoms with E-state index in [0.717, 1.165) is 11.1 Å². The zero-order chi connectivity index (χ0) is 33.6. The fourth-order valence-electron chi connectivity index (χ4n) is 5.13. The third-order valence-electron chi connectivity index (χ3n) is 7.30. The maximum absolute atomic E-state index is 13.2. The molecule has 248 valence electrons. The van der Waals surface area contributed by atoms with Crippen molar-refractivity contribution in [2.45, 2.75) is 6.04 Å². The van der Waals surface area contributed by atoms with Gasteiger partial charge in [0, 0.05) is 38.3 Å². The Morgan fingerprint density at radius 2 is 1.11 bits per heavy atom. The molecule has 0 radical (unpaired) electrons. The zero-order valence-electron chi connectivity index (χ0n) is 27.9. The summed E-state index contributed by atoms with van der Waals surface area (Å²) < 4.78 is 32.4. The summed E-state index contributed by atoms with van der Waals surface area (Å²) in [6, 6.07) is 7.15. The number of amides is 2. The molecule has 3 rings (SSSR count). The summed E-state index contributed by atoms with van der Waals surface area (Å²) >= 11 is 0. The van der Waals surface area contributed by atoms with Crippen LogP contribution in [-0.2, 0) is 9.59 Å². The first-order valence-corrected chi connectivity index (χ1v) is 14.7. The van der Waals surface area contributed by atoms with Crippen molar-refractivity contribution in [3.05, 3.63) is 71.8 Å². The molecule has 1 unspecified atom stereocenters. The summed E-state index contributed by atoms with van der Waals surface area (Å²) in [6.07, 6.45) is 13.8. The Morgan fingerprint density at radius 3 is 1.50 bits per heavy atom. The van der Waals surface area contributed by atoms with Crippen molar-refractivity contribution in [2.24, 2.45) is 0 Å². The average molecular weight is 636 g/mol. The summed E-state index contributed by atoms with van der Waals surface area (Å²) in [5.74, 6) is 2.98. The number of carbonyl (C=O) groups excluding carboxylic acids is 2. The van der Waals surface area contributed by atoms with Crippen LogP contribution in [0.5, 0.6) is 34.5 Å². The number of benzene rings is 2. The Hall–Kier alpha value is -4.90. The monoisotopic (exact) mass is 635 g/mol. The number of carbonyl (C=O) groups is 2. The third-order valence-corrected chi connectivity index (χ3v) is 7.30. The number of ether oxygens (including phenoxy) is 6. The minimum Gasteiger partial charge on any atom is -0.493 e. The zero-order valence-corrected chi connectivity index (χ0v) is 27.9. The van der Waals surface area contributed by atoms with Gasteiger partial charge in [-0.2, -0.15) is 0 Å². The smallest absolute Gasteiger partial charge is 0.246 e. The molecule has 46 heavy (non-hydrogen) atoms. The van der Waals surface area contributed by atoms with Gasteiger partial charge in [-0.05, 0) is 49.5 Å². The van der Waals surface area contributed by atoms with Crippen LogP contribution in [0.4, 0.5) is 0 Å². The van der Waals surface area contributed by atoms with E-state index < -0.39 is 0 Å². The van der Waals surface area contributed by atoms with Gasteiger partial charge in [0.15, 0.2) is 23.0 Å². The van der Waals surface area contributed by atoms with Crippen LogP contribution in [-0.4, -0.2) is 115 Å². The molecule has 0 aliphatic carbocycles. The molecule has 1 heterocycles. The summed E-state index contributed by atoms with van der Waals surface area (Å²) in [6.45, 7) is 1.91. The number of piperazine rings is 1. The Kier molecular flexibility index (Phi) is 13.6. The van der Waals surface area contributed by atoms with E-state index >= 15 is 0 Å². The molecular weight excluding hydrogens is 590 g/mol. The van der Waals surface area contributed by atoms with Crippen LogP contribution in [0, 0.1) is 0 Å². The first-order valence-electron chi connectivity index (χ1n) is 14.7. The normalized spacial score (nSPS) is 15.4. The van der Waals surface area contributed by atoms with Gasteiger partial charge in [-0.25, -0.2) is 0 Å². The second-order valence-corrected chi connectivity index (χ2v) is 10.6. The number of hydrogen-bond donors (Lipinski definition) is 0. The van der Waals surface area contributed by atoms with Gasteiger partial charge in [0.2, 0.25) is 23.3 Å². The SMILES string of the molecule is COc1cc(/C=C/C=C/C(=O)N2CCN(C(=O)/C=C/C=C/c3cc(OC)c(OC)c(OC)c3)C(CN(C)C)C2)cc(OC)c1OC. The van der Waals surface area contributed by atoms with Crippen LogP contribution in [0.25, 0.3) is 12.2 Å². The summed E-state index contributed by atoms with van der Waals surface area (Å²) in [4.78, 5) is 31.9. The highest BCUT2D eigenvalue weighted by molar-refractivity contribution is 5.90. The van der Waals surface area contributed by atoms with Crippen LogP contribution in [0.3, 0.4) is 0 Å². The summed E-state index contributed by atoms with van der Waals surface area (Å²) in [7, 11) is 13.3. The van der Waals surface area contributed by atoms with Crippen LogP contribution in [0.2, 0.25) is 0 Å². The van der Waals surface area contributed by atoms with Crippen molar-refractivity contribution in [3.8, 4) is 34.5 Å². The van der Waals surface area contributed by atoms with E-state index in [2.05, 4.69) is 0 Å². The molecule has 1 saturated heterocycles. The van der Waals surface area contributed by atoms with E-state index in [4.69, 9.17) is 28.4 Å². The van der Waals surface area contributed by atoms with Gasteiger partial charge in [0.05, 0.1) is 48.7 Å². The fourth-order valence-corrected chi connectivity index (χ4v) is 5.13. The number of likely N-dealkylation sites (N-methyl/N-ethyl adjacent to an activating group) is 1. The number of nitrogens with zero attached hydrogens (tertiary/aromatic N) is 3. The molecule has 11 nitrogen and oxygen atoms in total. The molecule has 0 N–H and O–H groups in total. The molecule has 1 fully saturated rings. The molecule has 1 aliphatic rings. The van der Waals surface area contributed by atoms with Crippen LogP contribution in [0.15, 0.2) is 60.7 Å². The molecule has 0 spiro atoms. The second-order valence-electron chi connectivity index (χ2n) is 10.6. The predicted octanol–water partition coefficient (Wildman–Crippen LogP) is 4.18. The molecule has 1 atom stereocenters. The highest BCUT2D eigenvalue weighted by Gasteiger charge is 2.31. The first kappa shape index (κ1) is 35.6. The molecule has 0 saturated carbocycles. The van der Waals surface area contributed by atoms with Gasteiger partial charge in [-0.15, -0.1) is 0 Å². The maximum atomic E-state index is 13.2. The van der Waals surface area contributed by atoms with E-state index in [-0.39, 0.29) is 17.9 Å². The van der Waals surface area contributed by atoms with E-state index in [1.165, 1.54) is 6.08 Å². The Balaban J connectivity index is 1.64. The minimum atomic E-state index is -0.160. The van der Waals surface area contributed by atoms with Gasteiger partial charge in [0.1, 0.15) is 0 Å². The predicted molar refractivity (Wildman–Crippen MR) is 179 cm³/mol. The van der Waals surface area contributed by atoms with Crippen molar-refractivity contribution in [1.82, 2.24) is 14.7 Å². The van der Waals surface area contributed by atoms with Gasteiger partial charge < -0.3 is 43.1 Å². The van der Waals surface area contributed by atoms with Crippen molar-refractivity contribution in [3.63, 3.8) is 0 Å². The minimum absolute atomic E-state index is 0.114. The molecule has 1 aliphatic heterocycles. The Morgan fingerprint density at radius 1 is 0.674 bits per heavy atom. The van der Waals surface area contributed by atoms with Gasteiger partial charge in [-0.1, -0.05) is 36.5 Å². The molecule has 2 aromatic carbocycles. The van der Waals surface area contributed by atoms with E-state index in [0.29, 0.717) is 60.7 Å². The van der Waals surface area contributed by atoms with Crippen molar-refractivity contribution >= 4 is 24.0 Å². The first-order chi connectivity index (χ1) is 22.2. The lowest BCUT2D eigenvalue weighted by molar-refractivity contribution is -0.137. The summed E-state index contributed by atoms with van der Waals surface area (Å²) in [5, 5.41) is 0. The van der Waals surface area contributed by atoms with Crippen molar-refractivity contribution < 1.29 is 38.0 Å². The second kappa shape index (κ2) is 17.6. The van der Waals surface area contributed by atoms with Crippen LogP contribution in [0.1, 0.15) is 11.1 Å². The summed E-state index contributed by atoms with van der Waals surface area (Å²) in [5.41, 5.74) is 1.66. The number of hydrogen-bond acceptors (Lipinski definition) is 9. The largest absolute Gasteiger partial charge is 0.493 e. The van der Waals surface area contributed by atoms with Crippen molar-refractivity contribution in [1.29, 1.82) is 0 Å². The van der Waals surface area contributed by atoms with Gasteiger partial charge in [0.25, 0.3) is 0 Å². The number of methoxy groups -OCH3 is 6. The van der Waals surface area contributed by atoms with Gasteiger partial charge >= 0.3 is 0 Å². The highest BCUT2D eigenvalue weighted by Crippen LogP contribution is 2.39. The Labute approximate surface area is 271 Å². The molecule has 0 aromatic heterocycles. The van der Waals surface area contributed by atoms with E-state index in [1.54, 1.807) is 77.9 Å². The maximum Gasteiger partial charge on any atom is 0.246 e. The lowest BCUT2D eigenvalue weighted by Gasteiger charge is -2.41. The van der Waals surface area contributed by atoms with Gasteiger partial charge in [-0.3, -0.25) is 9.59 Å². The standard InChI is InChI=1S/C35H45N3O8/c1-36(2)23-27-24-37(32(39)15-11-9-13-25-19-28(41-3)34(45-7)29(20-25)42-4)17-18-38(27)33(40)16-12-10-14-26-21-30(43-5)35(46-8)31(22-26)44-6/h9-16,19-22,27H,17-18,23-24H2,1-8H3/b13-9+,14-10+,15-11+,16-12+.